The first-order valence-corrected chi connectivity index (χ1v) is 10.2. The van der Waals surface area contributed by atoms with E-state index in [0.717, 1.165) is 5.56 Å². The molecule has 32 heavy (non-hydrogen) atoms. The van der Waals surface area contributed by atoms with Crippen LogP contribution in [0.1, 0.15) is 25.5 Å². The number of hydrogen-bond donors (Lipinski definition) is 2. The largest absolute Gasteiger partial charge is 0.493 e. The average Bonchev–Trinajstić information content (AvgIpc) is 3.27. The molecule has 2 N–H and O–H groups in total. The van der Waals surface area contributed by atoms with Crippen molar-refractivity contribution in [1.29, 1.82) is 0 Å². The molecule has 9 nitrogen and oxygen atoms in total. The van der Waals surface area contributed by atoms with E-state index in [1.807, 2.05) is 50.2 Å². The van der Waals surface area contributed by atoms with Crippen molar-refractivity contribution in [2.45, 2.75) is 19.9 Å². The number of carbonyl (C=O) groups excluding carboxylic acids is 1. The Morgan fingerprint density at radius 2 is 1.91 bits per heavy atom. The topological polar surface area (TPSA) is 99.5 Å². The minimum Gasteiger partial charge on any atom is -0.493 e. The molecule has 0 saturated carbocycles. The van der Waals surface area contributed by atoms with E-state index in [0.29, 0.717) is 46.8 Å². The van der Waals surface area contributed by atoms with Gasteiger partial charge in [-0.15, -0.1) is 0 Å². The summed E-state index contributed by atoms with van der Waals surface area (Å²) in [6, 6.07) is 12.4. The smallest absolute Gasteiger partial charge is 0.255 e. The number of carbonyl (C=O) groups is 1. The molecule has 0 spiro atoms. The van der Waals surface area contributed by atoms with Crippen molar-refractivity contribution >= 4 is 17.5 Å². The van der Waals surface area contributed by atoms with Crippen molar-refractivity contribution in [1.82, 2.24) is 14.8 Å². The summed E-state index contributed by atoms with van der Waals surface area (Å²) in [6.45, 7) is 4.23. The second-order valence-electron chi connectivity index (χ2n) is 7.09. The summed E-state index contributed by atoms with van der Waals surface area (Å²) < 4.78 is 18.2. The van der Waals surface area contributed by atoms with Crippen LogP contribution in [0.2, 0.25) is 0 Å². The molecule has 0 bridgehead atoms. The third kappa shape index (κ3) is 3.84. The molecule has 2 heterocycles. The van der Waals surface area contributed by atoms with E-state index in [1.165, 1.54) is 6.33 Å². The molecule has 1 amide bonds. The molecular formula is C23H25N5O4. The number of methoxy groups -OCH3 is 2. The van der Waals surface area contributed by atoms with Gasteiger partial charge >= 0.3 is 0 Å². The van der Waals surface area contributed by atoms with Gasteiger partial charge in [0.2, 0.25) is 5.95 Å². The number of benzene rings is 2. The fraction of sp³-hybridized carbons (Fsp3) is 0.261. The van der Waals surface area contributed by atoms with E-state index in [1.54, 1.807) is 25.0 Å². The Kier molecular flexibility index (Phi) is 5.98. The molecule has 0 saturated heterocycles. The van der Waals surface area contributed by atoms with E-state index in [2.05, 4.69) is 20.7 Å². The zero-order valence-corrected chi connectivity index (χ0v) is 18.4. The number of ether oxygens (including phenoxy) is 3. The molecule has 0 fully saturated rings. The molecule has 4 rings (SSSR count). The highest BCUT2D eigenvalue weighted by Gasteiger charge is 2.34. The molecule has 0 unspecified atom stereocenters. The number of nitrogens with one attached hydrogen (secondary N) is 2. The van der Waals surface area contributed by atoms with Gasteiger partial charge in [-0.05, 0) is 43.7 Å². The molecule has 1 aliphatic heterocycles. The van der Waals surface area contributed by atoms with Crippen LogP contribution in [0.4, 0.5) is 11.6 Å². The summed E-state index contributed by atoms with van der Waals surface area (Å²) in [6.07, 6.45) is 1.45. The number of hydrogen-bond acceptors (Lipinski definition) is 7. The lowest BCUT2D eigenvalue weighted by molar-refractivity contribution is -0.113. The van der Waals surface area contributed by atoms with Crippen LogP contribution in [-0.2, 0) is 4.79 Å². The Morgan fingerprint density at radius 1 is 1.12 bits per heavy atom. The molecular weight excluding hydrogens is 410 g/mol. The van der Waals surface area contributed by atoms with Gasteiger partial charge in [0, 0.05) is 5.70 Å². The van der Waals surface area contributed by atoms with Gasteiger partial charge in [0.25, 0.3) is 5.91 Å². The maximum absolute atomic E-state index is 13.5. The highest BCUT2D eigenvalue weighted by Crippen LogP contribution is 2.39. The predicted octanol–water partition coefficient (Wildman–Crippen LogP) is 3.62. The van der Waals surface area contributed by atoms with Crippen LogP contribution in [0.15, 0.2) is 60.1 Å². The van der Waals surface area contributed by atoms with E-state index in [-0.39, 0.29) is 5.91 Å². The molecule has 0 radical (unpaired) electrons. The summed E-state index contributed by atoms with van der Waals surface area (Å²) >= 11 is 0. The van der Waals surface area contributed by atoms with Crippen LogP contribution < -0.4 is 24.8 Å². The van der Waals surface area contributed by atoms with E-state index in [4.69, 9.17) is 14.2 Å². The molecule has 2 aromatic carbocycles. The number of nitrogens with zero attached hydrogens (tertiary/aromatic N) is 3. The third-order valence-electron chi connectivity index (χ3n) is 5.20. The van der Waals surface area contributed by atoms with Gasteiger partial charge in [0.1, 0.15) is 18.1 Å². The van der Waals surface area contributed by atoms with Gasteiger partial charge in [-0.3, -0.25) is 4.79 Å². The zero-order valence-electron chi connectivity index (χ0n) is 18.4. The van der Waals surface area contributed by atoms with Gasteiger partial charge in [-0.25, -0.2) is 4.68 Å². The normalized spacial score (nSPS) is 14.9. The van der Waals surface area contributed by atoms with Gasteiger partial charge in [-0.2, -0.15) is 10.1 Å². The van der Waals surface area contributed by atoms with E-state index < -0.39 is 6.04 Å². The number of amides is 1. The molecule has 166 valence electrons. The maximum atomic E-state index is 13.5. The maximum Gasteiger partial charge on any atom is 0.255 e. The molecule has 1 atom stereocenters. The number of fused-ring (bicyclic) bond motifs is 1. The molecule has 9 heteroatoms. The Hall–Kier alpha value is -4.01. The summed E-state index contributed by atoms with van der Waals surface area (Å²) in [5, 5.41) is 10.5. The number of allylic oxidation sites excluding steroid dienone is 1. The van der Waals surface area contributed by atoms with Crippen LogP contribution in [-0.4, -0.2) is 41.5 Å². The summed E-state index contributed by atoms with van der Waals surface area (Å²) in [7, 11) is 3.15. The van der Waals surface area contributed by atoms with Crippen LogP contribution in [0.25, 0.3) is 0 Å². The standard InChI is InChI=1S/C23H25N5O4/c1-5-32-17-9-7-6-8-16(17)27-22(29)20-14(2)26-23-24-13-25-28(23)21(20)15-10-11-18(30-3)19(12-15)31-4/h6-13,21H,5H2,1-4H3,(H,27,29)(H,24,25,26)/t21-/m0/s1. The van der Waals surface area contributed by atoms with Crippen molar-refractivity contribution in [2.75, 3.05) is 31.5 Å². The first-order valence-electron chi connectivity index (χ1n) is 10.2. The number of anilines is 2. The Bertz CT molecular complexity index is 1170. The van der Waals surface area contributed by atoms with Crippen molar-refractivity contribution in [3.8, 4) is 17.2 Å². The minimum absolute atomic E-state index is 0.275. The van der Waals surface area contributed by atoms with Crippen molar-refractivity contribution in [3.05, 3.63) is 65.6 Å². The lowest BCUT2D eigenvalue weighted by Gasteiger charge is -2.29. The Balaban J connectivity index is 1.77. The molecule has 1 aliphatic rings. The lowest BCUT2D eigenvalue weighted by Crippen LogP contribution is -2.31. The fourth-order valence-corrected chi connectivity index (χ4v) is 3.76. The lowest BCUT2D eigenvalue weighted by atomic mass is 9.94. The summed E-state index contributed by atoms with van der Waals surface area (Å²) in [4.78, 5) is 17.8. The van der Waals surface area contributed by atoms with Gasteiger partial charge in [0.05, 0.1) is 32.1 Å². The van der Waals surface area contributed by atoms with Crippen LogP contribution in [0.3, 0.4) is 0 Å². The SMILES string of the molecule is CCOc1ccccc1NC(=O)C1=C(C)Nc2ncnn2[C@H]1c1ccc(OC)c(OC)c1. The quantitative estimate of drug-likeness (QED) is 0.585. The van der Waals surface area contributed by atoms with Crippen molar-refractivity contribution < 1.29 is 19.0 Å². The van der Waals surface area contributed by atoms with Crippen LogP contribution in [0.5, 0.6) is 17.2 Å². The highest BCUT2D eigenvalue weighted by atomic mass is 16.5. The second-order valence-corrected chi connectivity index (χ2v) is 7.09. The first-order chi connectivity index (χ1) is 15.6. The van der Waals surface area contributed by atoms with Gasteiger partial charge in [-0.1, -0.05) is 18.2 Å². The third-order valence-corrected chi connectivity index (χ3v) is 5.20. The van der Waals surface area contributed by atoms with Gasteiger partial charge in [0.15, 0.2) is 11.5 Å². The first kappa shape index (κ1) is 21.2. The van der Waals surface area contributed by atoms with E-state index in [9.17, 15) is 4.79 Å². The molecule has 1 aromatic heterocycles. The van der Waals surface area contributed by atoms with E-state index >= 15 is 0 Å². The number of rotatable bonds is 7. The average molecular weight is 435 g/mol. The molecule has 3 aromatic rings. The minimum atomic E-state index is -0.521. The fourth-order valence-electron chi connectivity index (χ4n) is 3.76. The number of aromatic nitrogens is 3. The monoisotopic (exact) mass is 435 g/mol. The van der Waals surface area contributed by atoms with Crippen LogP contribution >= 0.6 is 0 Å². The zero-order chi connectivity index (χ0) is 22.7. The summed E-state index contributed by atoms with van der Waals surface area (Å²) in [5.74, 6) is 2.04. The number of para-hydroxylation sites is 2. The second kappa shape index (κ2) is 9.01. The van der Waals surface area contributed by atoms with Crippen molar-refractivity contribution in [2.24, 2.45) is 0 Å². The highest BCUT2D eigenvalue weighted by molar-refractivity contribution is 6.06. The van der Waals surface area contributed by atoms with Gasteiger partial charge < -0.3 is 24.8 Å². The molecule has 0 aliphatic carbocycles. The Labute approximate surface area is 186 Å². The Morgan fingerprint density at radius 3 is 2.66 bits per heavy atom. The summed E-state index contributed by atoms with van der Waals surface area (Å²) in [5.41, 5.74) is 2.58. The predicted molar refractivity (Wildman–Crippen MR) is 120 cm³/mol. The van der Waals surface area contributed by atoms with Crippen LogP contribution in [0, 0.1) is 0 Å². The van der Waals surface area contributed by atoms with Crippen molar-refractivity contribution in [3.63, 3.8) is 0 Å².